The van der Waals surface area contributed by atoms with Gasteiger partial charge in [0.25, 0.3) is 0 Å². The van der Waals surface area contributed by atoms with Crippen LogP contribution in [0.4, 0.5) is 5.69 Å². The van der Waals surface area contributed by atoms with Crippen molar-refractivity contribution in [2.45, 2.75) is 52.6 Å². The van der Waals surface area contributed by atoms with Crippen LogP contribution in [0, 0.1) is 11.3 Å². The minimum absolute atomic E-state index is 0.413. The fourth-order valence-corrected chi connectivity index (χ4v) is 3.64. The Kier molecular flexibility index (Phi) is 4.33. The van der Waals surface area contributed by atoms with E-state index in [1.165, 1.54) is 48.1 Å². The van der Waals surface area contributed by atoms with E-state index in [1.807, 2.05) is 0 Å². The average molecular weight is 351 g/mol. The highest BCUT2D eigenvalue weighted by atomic mass is 79.9. The second-order valence-corrected chi connectivity index (χ2v) is 8.64. The van der Waals surface area contributed by atoms with Gasteiger partial charge in [0.05, 0.1) is 0 Å². The van der Waals surface area contributed by atoms with Crippen LogP contribution in [0.3, 0.4) is 0 Å². The van der Waals surface area contributed by atoms with E-state index >= 15 is 0 Å². The van der Waals surface area contributed by atoms with Gasteiger partial charge in [0.2, 0.25) is 0 Å². The number of hydrogen-bond acceptors (Lipinski definition) is 2. The lowest BCUT2D eigenvalue weighted by atomic mass is 9.80. The molecular weight excluding hydrogens is 324 g/mol. The summed E-state index contributed by atoms with van der Waals surface area (Å²) < 4.78 is 1.19. The molecule has 21 heavy (non-hydrogen) atoms. The van der Waals surface area contributed by atoms with Gasteiger partial charge in [-0.15, -0.1) is 0 Å². The van der Waals surface area contributed by atoms with Crippen LogP contribution in [0.2, 0.25) is 0 Å². The maximum Gasteiger partial charge on any atom is 0.0412 e. The molecule has 1 atom stereocenters. The Labute approximate surface area is 137 Å². The Hall–Kier alpha value is -0.540. The van der Waals surface area contributed by atoms with Gasteiger partial charge in [-0.1, -0.05) is 36.7 Å². The molecule has 2 fully saturated rings. The first-order valence-electron chi connectivity index (χ1n) is 8.20. The molecule has 116 valence electrons. The van der Waals surface area contributed by atoms with Crippen molar-refractivity contribution in [1.29, 1.82) is 0 Å². The van der Waals surface area contributed by atoms with Gasteiger partial charge in [0.15, 0.2) is 0 Å². The predicted octanol–water partition coefficient (Wildman–Crippen LogP) is 4.57. The number of hydrogen-bond donors (Lipinski definition) is 1. The summed E-state index contributed by atoms with van der Waals surface area (Å²) in [5.41, 5.74) is 3.28. The van der Waals surface area contributed by atoms with Crippen LogP contribution in [-0.4, -0.2) is 19.1 Å². The Bertz CT molecular complexity index is 502. The van der Waals surface area contributed by atoms with E-state index in [0.29, 0.717) is 5.41 Å². The van der Waals surface area contributed by atoms with Crippen molar-refractivity contribution < 1.29 is 0 Å². The molecule has 1 saturated heterocycles. The van der Waals surface area contributed by atoms with Crippen LogP contribution in [0.15, 0.2) is 22.7 Å². The van der Waals surface area contributed by atoms with E-state index in [9.17, 15) is 0 Å². The highest BCUT2D eigenvalue weighted by Gasteiger charge is 2.32. The van der Waals surface area contributed by atoms with Crippen LogP contribution in [0.25, 0.3) is 0 Å². The molecule has 0 amide bonds. The molecule has 0 radical (unpaired) electrons. The lowest BCUT2D eigenvalue weighted by molar-refractivity contribution is 0.263. The summed E-state index contributed by atoms with van der Waals surface area (Å²) in [4.78, 5) is 2.59. The number of rotatable bonds is 4. The van der Waals surface area contributed by atoms with E-state index in [2.05, 4.69) is 65.1 Å². The van der Waals surface area contributed by atoms with E-state index in [0.717, 1.165) is 18.5 Å². The Morgan fingerprint density at radius 3 is 2.62 bits per heavy atom. The first-order valence-corrected chi connectivity index (χ1v) is 8.99. The number of nitrogens with one attached hydrogen (secondary N) is 1. The average Bonchev–Trinajstić information content (AvgIpc) is 3.10. The van der Waals surface area contributed by atoms with Crippen LogP contribution in [0.5, 0.6) is 0 Å². The minimum Gasteiger partial charge on any atom is -0.371 e. The summed E-state index contributed by atoms with van der Waals surface area (Å²) in [6.07, 6.45) is 4.01. The molecule has 2 nitrogen and oxygen atoms in total. The van der Waals surface area contributed by atoms with Crippen molar-refractivity contribution in [2.75, 3.05) is 18.0 Å². The van der Waals surface area contributed by atoms with Crippen LogP contribution in [-0.2, 0) is 6.54 Å². The monoisotopic (exact) mass is 350 g/mol. The molecule has 1 N–H and O–H groups in total. The Morgan fingerprint density at radius 1 is 1.24 bits per heavy atom. The molecule has 1 aromatic carbocycles. The van der Waals surface area contributed by atoms with Gasteiger partial charge < -0.3 is 10.2 Å². The third-order valence-corrected chi connectivity index (χ3v) is 5.45. The van der Waals surface area contributed by atoms with E-state index in [-0.39, 0.29) is 0 Å². The molecule has 1 unspecified atom stereocenters. The quantitative estimate of drug-likeness (QED) is 0.855. The summed E-state index contributed by atoms with van der Waals surface area (Å²) in [6, 6.07) is 7.52. The molecule has 3 rings (SSSR count). The van der Waals surface area contributed by atoms with Crippen molar-refractivity contribution in [2.24, 2.45) is 11.3 Å². The Balaban J connectivity index is 1.74. The van der Waals surface area contributed by atoms with Crippen molar-refractivity contribution >= 4 is 21.6 Å². The zero-order chi connectivity index (χ0) is 15.0. The molecule has 2 aliphatic rings. The molecule has 1 aliphatic heterocycles. The summed E-state index contributed by atoms with van der Waals surface area (Å²) >= 11 is 3.62. The van der Waals surface area contributed by atoms with Gasteiger partial charge >= 0.3 is 0 Å². The molecule has 0 bridgehead atoms. The minimum atomic E-state index is 0.413. The number of anilines is 1. The van der Waals surface area contributed by atoms with Crippen molar-refractivity contribution in [3.05, 3.63) is 28.2 Å². The predicted molar refractivity (Wildman–Crippen MR) is 93.8 cm³/mol. The van der Waals surface area contributed by atoms with E-state index in [4.69, 9.17) is 0 Å². The molecular formula is C18H27BrN2. The maximum atomic E-state index is 3.66. The largest absolute Gasteiger partial charge is 0.371 e. The maximum absolute atomic E-state index is 3.66. The van der Waals surface area contributed by atoms with Crippen molar-refractivity contribution in [3.8, 4) is 0 Å². The SMILES string of the molecule is CC(C)(C)C1CCN(c2ccc(Br)cc2CNC2CC2)C1. The van der Waals surface area contributed by atoms with Gasteiger partial charge in [-0.05, 0) is 54.4 Å². The molecule has 0 aromatic heterocycles. The lowest BCUT2D eigenvalue weighted by Crippen LogP contribution is -2.27. The second-order valence-electron chi connectivity index (χ2n) is 7.73. The fourth-order valence-electron chi connectivity index (χ4n) is 3.23. The smallest absolute Gasteiger partial charge is 0.0412 e. The van der Waals surface area contributed by atoms with E-state index in [1.54, 1.807) is 0 Å². The first-order chi connectivity index (χ1) is 9.93. The molecule has 1 aromatic rings. The van der Waals surface area contributed by atoms with Crippen LogP contribution < -0.4 is 10.2 Å². The van der Waals surface area contributed by atoms with Crippen LogP contribution >= 0.6 is 15.9 Å². The molecule has 0 spiro atoms. The highest BCUT2D eigenvalue weighted by molar-refractivity contribution is 9.10. The van der Waals surface area contributed by atoms with Gasteiger partial charge in [0.1, 0.15) is 0 Å². The summed E-state index contributed by atoms with van der Waals surface area (Å²) in [6.45, 7) is 10.5. The number of halogens is 1. The van der Waals surface area contributed by atoms with Gasteiger partial charge in [-0.2, -0.15) is 0 Å². The molecule has 1 saturated carbocycles. The first kappa shape index (κ1) is 15.4. The highest BCUT2D eigenvalue weighted by Crippen LogP contribution is 2.37. The van der Waals surface area contributed by atoms with E-state index < -0.39 is 0 Å². The zero-order valence-electron chi connectivity index (χ0n) is 13.5. The van der Waals surface area contributed by atoms with Gasteiger partial charge in [-0.25, -0.2) is 0 Å². The summed E-state index contributed by atoms with van der Waals surface area (Å²) in [7, 11) is 0. The number of nitrogens with zero attached hydrogens (tertiary/aromatic N) is 1. The van der Waals surface area contributed by atoms with Crippen LogP contribution in [0.1, 0.15) is 45.6 Å². The van der Waals surface area contributed by atoms with Crippen molar-refractivity contribution in [1.82, 2.24) is 5.32 Å². The lowest BCUT2D eigenvalue weighted by Gasteiger charge is -2.28. The fraction of sp³-hybridized carbons (Fsp3) is 0.667. The molecule has 1 aliphatic carbocycles. The topological polar surface area (TPSA) is 15.3 Å². The summed E-state index contributed by atoms with van der Waals surface area (Å²) in [5.74, 6) is 0.797. The third kappa shape index (κ3) is 3.81. The summed E-state index contributed by atoms with van der Waals surface area (Å²) in [5, 5.41) is 3.66. The third-order valence-electron chi connectivity index (χ3n) is 4.95. The standard InChI is InChI=1S/C18H27BrN2/c1-18(2,3)14-8-9-21(12-14)17-7-4-15(19)10-13(17)11-20-16-5-6-16/h4,7,10,14,16,20H,5-6,8-9,11-12H2,1-3H3. The Morgan fingerprint density at radius 2 is 2.00 bits per heavy atom. The van der Waals surface area contributed by atoms with Crippen molar-refractivity contribution in [3.63, 3.8) is 0 Å². The second kappa shape index (κ2) is 5.92. The molecule has 3 heteroatoms. The van der Waals surface area contributed by atoms with Gasteiger partial charge in [0, 0.05) is 35.8 Å². The van der Waals surface area contributed by atoms with Gasteiger partial charge in [-0.3, -0.25) is 0 Å². The molecule has 1 heterocycles. The normalized spacial score (nSPS) is 22.9. The number of benzene rings is 1. The zero-order valence-corrected chi connectivity index (χ0v) is 15.0.